The molecule has 0 atom stereocenters. The van der Waals surface area contributed by atoms with E-state index < -0.39 is 15.9 Å². The van der Waals surface area contributed by atoms with Crippen molar-refractivity contribution in [2.75, 3.05) is 0 Å². The lowest BCUT2D eigenvalue weighted by Gasteiger charge is -2.05. The van der Waals surface area contributed by atoms with E-state index in [4.69, 9.17) is 4.42 Å². The van der Waals surface area contributed by atoms with Crippen molar-refractivity contribution in [3.63, 3.8) is 0 Å². The van der Waals surface area contributed by atoms with Crippen molar-refractivity contribution in [3.05, 3.63) is 54.2 Å². The summed E-state index contributed by atoms with van der Waals surface area (Å²) >= 11 is 0. The molecule has 0 spiro atoms. The second-order valence-electron chi connectivity index (χ2n) is 5.19. The van der Waals surface area contributed by atoms with E-state index in [0.29, 0.717) is 5.56 Å². The summed E-state index contributed by atoms with van der Waals surface area (Å²) in [5, 5.41) is 3.97. The van der Waals surface area contributed by atoms with Gasteiger partial charge in [-0.25, -0.2) is 18.1 Å². The zero-order valence-corrected chi connectivity index (χ0v) is 13.7. The van der Waals surface area contributed by atoms with Crippen LogP contribution in [0.1, 0.15) is 16.1 Å². The van der Waals surface area contributed by atoms with E-state index in [1.165, 1.54) is 18.3 Å². The Balaban J connectivity index is 1.80. The second kappa shape index (κ2) is 5.93. The summed E-state index contributed by atoms with van der Waals surface area (Å²) in [7, 11) is -2.24. The molecule has 124 valence electrons. The van der Waals surface area contributed by atoms with Crippen LogP contribution in [-0.4, -0.2) is 29.1 Å². The van der Waals surface area contributed by atoms with E-state index in [-0.39, 0.29) is 16.5 Å². The summed E-state index contributed by atoms with van der Waals surface area (Å²) in [6, 6.07) is 6.15. The molecular weight excluding hydrogens is 332 g/mol. The van der Waals surface area contributed by atoms with Crippen LogP contribution in [0.5, 0.6) is 0 Å². The van der Waals surface area contributed by atoms with Crippen molar-refractivity contribution >= 4 is 15.9 Å². The Morgan fingerprint density at radius 2 is 1.96 bits per heavy atom. The molecule has 0 radical (unpaired) electrons. The smallest absolute Gasteiger partial charge is 0.286 e. The van der Waals surface area contributed by atoms with E-state index in [2.05, 4.69) is 10.1 Å². The first-order valence-corrected chi connectivity index (χ1v) is 8.42. The molecule has 0 fully saturated rings. The van der Waals surface area contributed by atoms with Gasteiger partial charge in [0.25, 0.3) is 15.9 Å². The Hall–Kier alpha value is -2.94. The average molecular weight is 346 g/mol. The molecule has 1 N–H and O–H groups in total. The van der Waals surface area contributed by atoms with Crippen LogP contribution >= 0.6 is 0 Å². The van der Waals surface area contributed by atoms with Crippen molar-refractivity contribution in [2.45, 2.75) is 11.8 Å². The number of hydrogen-bond donors (Lipinski definition) is 1. The first-order chi connectivity index (χ1) is 11.3. The number of carbonyl (C=O) groups is 1. The van der Waals surface area contributed by atoms with Gasteiger partial charge in [0, 0.05) is 13.2 Å². The molecular formula is C15H14N4O4S. The van der Waals surface area contributed by atoms with Gasteiger partial charge < -0.3 is 4.42 Å². The molecule has 0 aliphatic heterocycles. The van der Waals surface area contributed by atoms with Crippen molar-refractivity contribution < 1.29 is 17.6 Å². The van der Waals surface area contributed by atoms with Crippen LogP contribution in [0.4, 0.5) is 0 Å². The number of rotatable bonds is 4. The fourth-order valence-electron chi connectivity index (χ4n) is 1.99. The van der Waals surface area contributed by atoms with E-state index in [1.54, 1.807) is 30.1 Å². The molecule has 0 aliphatic carbocycles. The standard InChI is InChI=1S/C15H14N4O4S/c1-10-3-5-12(6-4-10)24(21,22)18-14(20)13-9-23-15(17-13)11-7-16-19(2)8-11/h3-9H,1-2H3,(H,18,20). The highest BCUT2D eigenvalue weighted by Gasteiger charge is 2.21. The molecule has 1 aromatic carbocycles. The van der Waals surface area contributed by atoms with Gasteiger partial charge >= 0.3 is 0 Å². The van der Waals surface area contributed by atoms with Crippen LogP contribution < -0.4 is 4.72 Å². The summed E-state index contributed by atoms with van der Waals surface area (Å²) < 4.78 is 33.1. The summed E-state index contributed by atoms with van der Waals surface area (Å²) in [5.41, 5.74) is 1.36. The number of hydrogen-bond acceptors (Lipinski definition) is 6. The number of aromatic nitrogens is 3. The van der Waals surface area contributed by atoms with Gasteiger partial charge in [-0.05, 0) is 19.1 Å². The Labute approximate surface area is 138 Å². The van der Waals surface area contributed by atoms with Crippen LogP contribution in [0, 0.1) is 6.92 Å². The largest absolute Gasteiger partial charge is 0.444 e. The number of oxazole rings is 1. The Morgan fingerprint density at radius 3 is 2.58 bits per heavy atom. The first-order valence-electron chi connectivity index (χ1n) is 6.93. The molecule has 0 saturated heterocycles. The highest BCUT2D eigenvalue weighted by Crippen LogP contribution is 2.18. The molecule has 0 bridgehead atoms. The van der Waals surface area contributed by atoms with Crippen molar-refractivity contribution in [1.29, 1.82) is 0 Å². The lowest BCUT2D eigenvalue weighted by molar-refractivity contribution is 0.0976. The third-order valence-electron chi connectivity index (χ3n) is 3.25. The summed E-state index contributed by atoms with van der Waals surface area (Å²) in [6.45, 7) is 1.84. The number of amides is 1. The Kier molecular flexibility index (Phi) is 3.94. The van der Waals surface area contributed by atoms with Crippen LogP contribution in [-0.2, 0) is 17.1 Å². The number of aryl methyl sites for hydroxylation is 2. The lowest BCUT2D eigenvalue weighted by Crippen LogP contribution is -2.30. The van der Waals surface area contributed by atoms with Gasteiger partial charge in [0.15, 0.2) is 5.69 Å². The van der Waals surface area contributed by atoms with Gasteiger partial charge in [-0.1, -0.05) is 17.7 Å². The van der Waals surface area contributed by atoms with E-state index >= 15 is 0 Å². The maximum atomic E-state index is 12.2. The zero-order chi connectivity index (χ0) is 17.3. The molecule has 8 nitrogen and oxygen atoms in total. The average Bonchev–Trinajstić information content (AvgIpc) is 3.16. The summed E-state index contributed by atoms with van der Waals surface area (Å²) in [6.07, 6.45) is 4.29. The van der Waals surface area contributed by atoms with Gasteiger partial charge in [-0.15, -0.1) is 0 Å². The molecule has 2 heterocycles. The fraction of sp³-hybridized carbons (Fsp3) is 0.133. The van der Waals surface area contributed by atoms with Gasteiger partial charge in [0.2, 0.25) is 5.89 Å². The summed E-state index contributed by atoms with van der Waals surface area (Å²) in [5.74, 6) is -0.685. The molecule has 1 amide bonds. The minimum Gasteiger partial charge on any atom is -0.444 e. The maximum Gasteiger partial charge on any atom is 0.286 e. The molecule has 9 heteroatoms. The minimum absolute atomic E-state index is 0.00238. The SMILES string of the molecule is Cc1ccc(S(=O)(=O)NC(=O)c2coc(-c3cnn(C)c3)n2)cc1. The predicted molar refractivity (Wildman–Crippen MR) is 84.5 cm³/mol. The van der Waals surface area contributed by atoms with Crippen LogP contribution in [0.2, 0.25) is 0 Å². The van der Waals surface area contributed by atoms with Crippen LogP contribution in [0.3, 0.4) is 0 Å². The lowest BCUT2D eigenvalue weighted by atomic mass is 10.2. The van der Waals surface area contributed by atoms with Crippen molar-refractivity contribution in [2.24, 2.45) is 7.05 Å². The molecule has 0 saturated carbocycles. The molecule has 3 aromatic rings. The third-order valence-corrected chi connectivity index (χ3v) is 4.59. The van der Waals surface area contributed by atoms with Crippen LogP contribution in [0.25, 0.3) is 11.5 Å². The van der Waals surface area contributed by atoms with E-state index in [0.717, 1.165) is 11.8 Å². The molecule has 0 unspecified atom stereocenters. The second-order valence-corrected chi connectivity index (χ2v) is 6.87. The predicted octanol–water partition coefficient (Wildman–Crippen LogP) is 1.50. The van der Waals surface area contributed by atoms with E-state index in [9.17, 15) is 13.2 Å². The molecule has 24 heavy (non-hydrogen) atoms. The first kappa shape index (κ1) is 15.9. The van der Waals surface area contributed by atoms with Crippen molar-refractivity contribution in [3.8, 4) is 11.5 Å². The fourth-order valence-corrected chi connectivity index (χ4v) is 2.95. The molecule has 0 aliphatic rings. The van der Waals surface area contributed by atoms with Gasteiger partial charge in [-0.2, -0.15) is 5.10 Å². The highest BCUT2D eigenvalue weighted by atomic mass is 32.2. The summed E-state index contributed by atoms with van der Waals surface area (Å²) in [4.78, 5) is 16.1. The van der Waals surface area contributed by atoms with Crippen LogP contribution in [0.15, 0.2) is 52.2 Å². The van der Waals surface area contributed by atoms with Gasteiger partial charge in [0.05, 0.1) is 16.7 Å². The molecule has 2 aromatic heterocycles. The van der Waals surface area contributed by atoms with Gasteiger partial charge in [0.1, 0.15) is 6.26 Å². The number of sulfonamides is 1. The zero-order valence-electron chi connectivity index (χ0n) is 12.9. The number of nitrogens with one attached hydrogen (secondary N) is 1. The monoisotopic (exact) mass is 346 g/mol. The number of nitrogens with zero attached hydrogens (tertiary/aromatic N) is 3. The highest BCUT2D eigenvalue weighted by molar-refractivity contribution is 7.90. The minimum atomic E-state index is -3.97. The van der Waals surface area contributed by atoms with Crippen molar-refractivity contribution in [1.82, 2.24) is 19.5 Å². The number of carbonyl (C=O) groups excluding carboxylic acids is 1. The quantitative estimate of drug-likeness (QED) is 0.767. The normalized spacial score (nSPS) is 11.4. The topological polar surface area (TPSA) is 107 Å². The Bertz CT molecular complexity index is 987. The van der Waals surface area contributed by atoms with Gasteiger partial charge in [-0.3, -0.25) is 9.48 Å². The molecule has 3 rings (SSSR count). The number of benzene rings is 1. The maximum absolute atomic E-state index is 12.2. The third kappa shape index (κ3) is 3.20. The Morgan fingerprint density at radius 1 is 1.25 bits per heavy atom. The van der Waals surface area contributed by atoms with E-state index in [1.807, 2.05) is 11.6 Å².